The van der Waals surface area contributed by atoms with Crippen molar-refractivity contribution < 1.29 is 0 Å². The molecule has 0 bridgehead atoms. The van der Waals surface area contributed by atoms with Gasteiger partial charge in [-0.3, -0.25) is 4.90 Å². The second-order valence-corrected chi connectivity index (χ2v) is 7.03. The molecule has 1 atom stereocenters. The smallest absolute Gasteiger partial charge is 0.0278 e. The minimum absolute atomic E-state index is 0.333. The van der Waals surface area contributed by atoms with Crippen LogP contribution in [0.25, 0.3) is 0 Å². The zero-order chi connectivity index (χ0) is 13.6. The highest BCUT2D eigenvalue weighted by molar-refractivity contribution is 4.92. The van der Waals surface area contributed by atoms with E-state index in [0.29, 0.717) is 11.6 Å². The van der Waals surface area contributed by atoms with E-state index in [9.17, 15) is 0 Å². The molecule has 1 saturated heterocycles. The van der Waals surface area contributed by atoms with E-state index in [2.05, 4.69) is 44.8 Å². The van der Waals surface area contributed by atoms with Gasteiger partial charge in [-0.15, -0.1) is 0 Å². The summed E-state index contributed by atoms with van der Waals surface area (Å²) >= 11 is 0. The Hall–Kier alpha value is -0.0800. The molecule has 1 heterocycles. The summed E-state index contributed by atoms with van der Waals surface area (Å²) in [6.07, 6.45) is 6.79. The predicted octanol–water partition coefficient (Wildman–Crippen LogP) is 3.67. The molecule has 0 saturated carbocycles. The second kappa shape index (κ2) is 7.49. The number of hydrogen-bond donors (Lipinski definition) is 1. The fourth-order valence-electron chi connectivity index (χ4n) is 2.93. The molecule has 1 aliphatic rings. The normalized spacial score (nSPS) is 24.7. The van der Waals surface area contributed by atoms with Crippen molar-refractivity contribution in [1.29, 1.82) is 0 Å². The van der Waals surface area contributed by atoms with E-state index in [4.69, 9.17) is 0 Å². The summed E-state index contributed by atoms with van der Waals surface area (Å²) in [7, 11) is 0. The van der Waals surface area contributed by atoms with E-state index in [0.717, 1.165) is 12.5 Å². The van der Waals surface area contributed by atoms with Crippen LogP contribution >= 0.6 is 0 Å². The lowest BCUT2D eigenvalue weighted by Crippen LogP contribution is -2.62. The average Bonchev–Trinajstić information content (AvgIpc) is 2.28. The Kier molecular flexibility index (Phi) is 6.65. The van der Waals surface area contributed by atoms with Gasteiger partial charge in [0.25, 0.3) is 0 Å². The highest BCUT2D eigenvalue weighted by Gasteiger charge is 2.33. The Morgan fingerprint density at radius 2 is 1.94 bits per heavy atom. The lowest BCUT2D eigenvalue weighted by Gasteiger charge is -2.46. The van der Waals surface area contributed by atoms with Crippen molar-refractivity contribution in [2.24, 2.45) is 5.92 Å². The second-order valence-electron chi connectivity index (χ2n) is 7.03. The first kappa shape index (κ1) is 16.0. The highest BCUT2D eigenvalue weighted by atomic mass is 15.3. The van der Waals surface area contributed by atoms with Crippen LogP contribution in [0, 0.1) is 5.92 Å². The average molecular weight is 254 g/mol. The monoisotopic (exact) mass is 254 g/mol. The van der Waals surface area contributed by atoms with Crippen molar-refractivity contribution >= 4 is 0 Å². The zero-order valence-corrected chi connectivity index (χ0v) is 13.3. The Morgan fingerprint density at radius 1 is 1.22 bits per heavy atom. The fraction of sp³-hybridized carbons (Fsp3) is 1.00. The first-order valence-electron chi connectivity index (χ1n) is 7.94. The predicted molar refractivity (Wildman–Crippen MR) is 81.0 cm³/mol. The maximum absolute atomic E-state index is 3.73. The van der Waals surface area contributed by atoms with Gasteiger partial charge in [0, 0.05) is 24.7 Å². The molecule has 2 nitrogen and oxygen atoms in total. The molecule has 18 heavy (non-hydrogen) atoms. The molecular weight excluding hydrogens is 220 g/mol. The molecule has 0 aromatic rings. The van der Waals surface area contributed by atoms with Gasteiger partial charge < -0.3 is 5.32 Å². The Bertz CT molecular complexity index is 223. The molecule has 0 radical (unpaired) electrons. The van der Waals surface area contributed by atoms with Crippen molar-refractivity contribution in [3.05, 3.63) is 0 Å². The van der Waals surface area contributed by atoms with Crippen molar-refractivity contribution in [3.8, 4) is 0 Å². The lowest BCUT2D eigenvalue weighted by atomic mass is 9.93. The first-order valence-corrected chi connectivity index (χ1v) is 7.94. The van der Waals surface area contributed by atoms with Gasteiger partial charge in [-0.25, -0.2) is 0 Å². The standard InChI is InChI=1S/C16H34N2/c1-6-7-8-9-10-18-12-15(11-14(2)3)17-13-16(18,4)5/h14-15,17H,6-13H2,1-5H3. The molecule has 0 aromatic carbocycles. The number of nitrogens with one attached hydrogen (secondary N) is 1. The summed E-state index contributed by atoms with van der Waals surface area (Å²) in [4.78, 5) is 2.71. The summed E-state index contributed by atoms with van der Waals surface area (Å²) < 4.78 is 0. The van der Waals surface area contributed by atoms with E-state index in [1.165, 1.54) is 45.2 Å². The first-order chi connectivity index (χ1) is 8.45. The third-order valence-electron chi connectivity index (χ3n) is 4.16. The van der Waals surface area contributed by atoms with Crippen LogP contribution in [0.2, 0.25) is 0 Å². The van der Waals surface area contributed by atoms with E-state index in [1.54, 1.807) is 0 Å². The van der Waals surface area contributed by atoms with Crippen molar-refractivity contribution in [2.45, 2.75) is 78.3 Å². The fourth-order valence-corrected chi connectivity index (χ4v) is 2.93. The van der Waals surface area contributed by atoms with E-state index in [1.807, 2.05) is 0 Å². The lowest BCUT2D eigenvalue weighted by molar-refractivity contribution is 0.0592. The van der Waals surface area contributed by atoms with Crippen LogP contribution in [0.15, 0.2) is 0 Å². The molecule has 1 N–H and O–H groups in total. The Balaban J connectivity index is 2.39. The highest BCUT2D eigenvalue weighted by Crippen LogP contribution is 2.22. The van der Waals surface area contributed by atoms with Gasteiger partial charge in [0.1, 0.15) is 0 Å². The van der Waals surface area contributed by atoms with Gasteiger partial charge in [-0.1, -0.05) is 40.0 Å². The Morgan fingerprint density at radius 3 is 2.56 bits per heavy atom. The van der Waals surface area contributed by atoms with Crippen LogP contribution in [-0.2, 0) is 0 Å². The molecule has 108 valence electrons. The van der Waals surface area contributed by atoms with E-state index in [-0.39, 0.29) is 0 Å². The van der Waals surface area contributed by atoms with Crippen LogP contribution in [0.1, 0.15) is 66.7 Å². The number of hydrogen-bond acceptors (Lipinski definition) is 2. The van der Waals surface area contributed by atoms with Gasteiger partial charge in [-0.2, -0.15) is 0 Å². The SMILES string of the molecule is CCCCCCN1CC(CC(C)C)NCC1(C)C. The largest absolute Gasteiger partial charge is 0.311 e. The molecule has 1 unspecified atom stereocenters. The van der Waals surface area contributed by atoms with Gasteiger partial charge in [0.05, 0.1) is 0 Å². The maximum atomic E-state index is 3.73. The number of unbranched alkanes of at least 4 members (excludes halogenated alkanes) is 3. The molecular formula is C16H34N2. The van der Waals surface area contributed by atoms with Crippen molar-refractivity contribution in [2.75, 3.05) is 19.6 Å². The van der Waals surface area contributed by atoms with Crippen LogP contribution in [0.5, 0.6) is 0 Å². The van der Waals surface area contributed by atoms with Crippen molar-refractivity contribution in [1.82, 2.24) is 10.2 Å². The Labute approximate surface area is 115 Å². The van der Waals surface area contributed by atoms with Gasteiger partial charge in [0.15, 0.2) is 0 Å². The minimum atomic E-state index is 0.333. The summed E-state index contributed by atoms with van der Waals surface area (Å²) in [5.74, 6) is 0.797. The van der Waals surface area contributed by atoms with Crippen molar-refractivity contribution in [3.63, 3.8) is 0 Å². The summed E-state index contributed by atoms with van der Waals surface area (Å²) in [6, 6.07) is 0.698. The zero-order valence-electron chi connectivity index (χ0n) is 13.3. The van der Waals surface area contributed by atoms with Gasteiger partial charge in [0.2, 0.25) is 0 Å². The third kappa shape index (κ3) is 5.27. The third-order valence-corrected chi connectivity index (χ3v) is 4.16. The number of rotatable bonds is 7. The molecule has 1 fully saturated rings. The van der Waals surface area contributed by atoms with Crippen LogP contribution in [-0.4, -0.2) is 36.1 Å². The van der Waals surface area contributed by atoms with Crippen LogP contribution < -0.4 is 5.32 Å². The summed E-state index contributed by atoms with van der Waals surface area (Å²) in [5.41, 5.74) is 0.333. The summed E-state index contributed by atoms with van der Waals surface area (Å²) in [5, 5.41) is 3.73. The van der Waals surface area contributed by atoms with Gasteiger partial charge in [-0.05, 0) is 39.2 Å². The summed E-state index contributed by atoms with van der Waals surface area (Å²) in [6.45, 7) is 15.4. The van der Waals surface area contributed by atoms with Crippen LogP contribution in [0.4, 0.5) is 0 Å². The topological polar surface area (TPSA) is 15.3 Å². The molecule has 1 rings (SSSR count). The maximum Gasteiger partial charge on any atom is 0.0278 e. The molecule has 1 aliphatic heterocycles. The minimum Gasteiger partial charge on any atom is -0.311 e. The molecule has 0 aromatic heterocycles. The molecule has 0 aliphatic carbocycles. The molecule has 0 spiro atoms. The quantitative estimate of drug-likeness (QED) is 0.697. The van der Waals surface area contributed by atoms with E-state index >= 15 is 0 Å². The number of nitrogens with zero attached hydrogens (tertiary/aromatic N) is 1. The molecule has 2 heteroatoms. The van der Waals surface area contributed by atoms with Crippen LogP contribution in [0.3, 0.4) is 0 Å². The van der Waals surface area contributed by atoms with Gasteiger partial charge >= 0.3 is 0 Å². The van der Waals surface area contributed by atoms with E-state index < -0.39 is 0 Å². The number of piperazine rings is 1. The molecule has 0 amide bonds.